The van der Waals surface area contributed by atoms with Crippen molar-refractivity contribution >= 4 is 0 Å². The monoisotopic (exact) mass is 235 g/mol. The van der Waals surface area contributed by atoms with E-state index in [0.717, 1.165) is 5.56 Å². The van der Waals surface area contributed by atoms with Gasteiger partial charge < -0.3 is 14.6 Å². The molecular formula is C13H17NO3. The molecule has 4 heteroatoms. The lowest BCUT2D eigenvalue weighted by Gasteiger charge is -2.11. The van der Waals surface area contributed by atoms with Crippen LogP contribution >= 0.6 is 0 Å². The molecule has 0 saturated heterocycles. The normalized spacial score (nSPS) is 12.0. The maximum atomic E-state index is 9.49. The zero-order valence-corrected chi connectivity index (χ0v) is 9.71. The number of rotatable bonds is 8. The first-order valence-corrected chi connectivity index (χ1v) is 5.57. The minimum absolute atomic E-state index is 0.205. The second-order valence-corrected chi connectivity index (χ2v) is 3.64. The van der Waals surface area contributed by atoms with Gasteiger partial charge in [-0.3, -0.25) is 0 Å². The molecule has 4 nitrogen and oxygen atoms in total. The first kappa shape index (κ1) is 13.7. The average molecular weight is 235 g/mol. The van der Waals surface area contributed by atoms with E-state index in [4.69, 9.17) is 14.7 Å². The molecule has 0 spiro atoms. The lowest BCUT2D eigenvalue weighted by Crippen LogP contribution is -2.21. The van der Waals surface area contributed by atoms with Crippen molar-refractivity contribution in [2.24, 2.45) is 0 Å². The van der Waals surface area contributed by atoms with Gasteiger partial charge in [0.05, 0.1) is 38.9 Å². The molecular weight excluding hydrogens is 218 g/mol. The maximum absolute atomic E-state index is 9.49. The minimum atomic E-state index is -0.641. The van der Waals surface area contributed by atoms with Gasteiger partial charge >= 0.3 is 0 Å². The predicted octanol–water partition coefficient (Wildman–Crippen LogP) is 1.49. The molecule has 1 unspecified atom stereocenters. The smallest absolute Gasteiger partial charge is 0.101 e. The minimum Gasteiger partial charge on any atom is -0.388 e. The van der Waals surface area contributed by atoms with Crippen LogP contribution in [0.2, 0.25) is 0 Å². The summed E-state index contributed by atoms with van der Waals surface area (Å²) in [6, 6.07) is 11.7. The summed E-state index contributed by atoms with van der Waals surface area (Å²) < 4.78 is 10.4. The van der Waals surface area contributed by atoms with Crippen molar-refractivity contribution in [2.75, 3.05) is 19.8 Å². The second kappa shape index (κ2) is 8.71. The molecule has 0 bridgehead atoms. The number of hydrogen-bond acceptors (Lipinski definition) is 4. The van der Waals surface area contributed by atoms with Crippen molar-refractivity contribution in [3.63, 3.8) is 0 Å². The largest absolute Gasteiger partial charge is 0.388 e. The van der Waals surface area contributed by atoms with E-state index in [0.29, 0.717) is 19.6 Å². The maximum Gasteiger partial charge on any atom is 0.101 e. The van der Waals surface area contributed by atoms with E-state index in [1.54, 1.807) is 0 Å². The van der Waals surface area contributed by atoms with Crippen molar-refractivity contribution in [3.8, 4) is 6.07 Å². The summed E-state index contributed by atoms with van der Waals surface area (Å²) in [4.78, 5) is 0. The van der Waals surface area contributed by atoms with Crippen LogP contribution in [-0.2, 0) is 16.1 Å². The molecule has 0 amide bonds. The number of nitrogens with zero attached hydrogens (tertiary/aromatic N) is 1. The van der Waals surface area contributed by atoms with Gasteiger partial charge in [0, 0.05) is 0 Å². The summed E-state index contributed by atoms with van der Waals surface area (Å²) in [5, 5.41) is 17.8. The molecule has 0 aliphatic carbocycles. The van der Waals surface area contributed by atoms with Crippen molar-refractivity contribution in [1.82, 2.24) is 0 Å². The number of benzene rings is 1. The number of ether oxygens (including phenoxy) is 2. The molecule has 0 aliphatic rings. The van der Waals surface area contributed by atoms with Gasteiger partial charge in [0.15, 0.2) is 0 Å². The highest BCUT2D eigenvalue weighted by Gasteiger charge is 2.04. The molecule has 17 heavy (non-hydrogen) atoms. The van der Waals surface area contributed by atoms with Crippen molar-refractivity contribution in [3.05, 3.63) is 35.9 Å². The molecule has 1 atom stereocenters. The molecule has 1 aromatic carbocycles. The Morgan fingerprint density at radius 2 is 1.88 bits per heavy atom. The Labute approximate surface area is 101 Å². The van der Waals surface area contributed by atoms with Gasteiger partial charge in [-0.2, -0.15) is 5.26 Å². The fourth-order valence-electron chi connectivity index (χ4n) is 1.27. The number of hydrogen-bond donors (Lipinski definition) is 1. The van der Waals surface area contributed by atoms with Gasteiger partial charge in [0.1, 0.15) is 6.10 Å². The highest BCUT2D eigenvalue weighted by Crippen LogP contribution is 2.01. The molecule has 92 valence electrons. The fraction of sp³-hybridized carbons (Fsp3) is 0.462. The van der Waals surface area contributed by atoms with Crippen LogP contribution in [0.15, 0.2) is 30.3 Å². The first-order chi connectivity index (χ1) is 8.33. The van der Waals surface area contributed by atoms with Crippen LogP contribution < -0.4 is 0 Å². The Hall–Kier alpha value is -1.41. The topological polar surface area (TPSA) is 62.5 Å². The van der Waals surface area contributed by atoms with Crippen LogP contribution in [-0.4, -0.2) is 31.0 Å². The number of aliphatic hydroxyl groups is 1. The Morgan fingerprint density at radius 3 is 2.59 bits per heavy atom. The van der Waals surface area contributed by atoms with Crippen LogP contribution in [0.5, 0.6) is 0 Å². The van der Waals surface area contributed by atoms with E-state index in [1.807, 2.05) is 36.4 Å². The second-order valence-electron chi connectivity index (χ2n) is 3.64. The quantitative estimate of drug-likeness (QED) is 0.693. The van der Waals surface area contributed by atoms with E-state index in [-0.39, 0.29) is 13.2 Å². The van der Waals surface area contributed by atoms with Gasteiger partial charge in [-0.25, -0.2) is 0 Å². The highest BCUT2D eigenvalue weighted by atomic mass is 16.5. The van der Waals surface area contributed by atoms with E-state index in [2.05, 4.69) is 0 Å². The van der Waals surface area contributed by atoms with Crippen LogP contribution in [0.25, 0.3) is 0 Å². The summed E-state index contributed by atoms with van der Waals surface area (Å²) in [7, 11) is 0. The van der Waals surface area contributed by atoms with Crippen LogP contribution in [0, 0.1) is 11.3 Å². The molecule has 0 saturated carbocycles. The van der Waals surface area contributed by atoms with E-state index in [9.17, 15) is 5.11 Å². The third-order valence-corrected chi connectivity index (χ3v) is 2.09. The predicted molar refractivity (Wildman–Crippen MR) is 63.2 cm³/mol. The molecule has 0 fully saturated rings. The molecule has 1 aromatic rings. The molecule has 1 N–H and O–H groups in total. The van der Waals surface area contributed by atoms with Crippen molar-refractivity contribution in [2.45, 2.75) is 19.1 Å². The lowest BCUT2D eigenvalue weighted by atomic mass is 10.2. The molecule has 1 rings (SSSR count). The lowest BCUT2D eigenvalue weighted by molar-refractivity contribution is -0.0223. The summed E-state index contributed by atoms with van der Waals surface area (Å²) in [5.41, 5.74) is 1.07. The molecule has 0 heterocycles. The number of aliphatic hydroxyl groups excluding tert-OH is 1. The molecule has 0 aliphatic heterocycles. The van der Waals surface area contributed by atoms with Crippen LogP contribution in [0.1, 0.15) is 12.0 Å². The van der Waals surface area contributed by atoms with E-state index in [1.165, 1.54) is 0 Å². The van der Waals surface area contributed by atoms with Crippen LogP contribution in [0.4, 0.5) is 0 Å². The zero-order chi connectivity index (χ0) is 12.3. The highest BCUT2D eigenvalue weighted by molar-refractivity contribution is 5.13. The average Bonchev–Trinajstić information content (AvgIpc) is 2.36. The van der Waals surface area contributed by atoms with Gasteiger partial charge in [-0.15, -0.1) is 0 Å². The van der Waals surface area contributed by atoms with Crippen molar-refractivity contribution < 1.29 is 14.6 Å². The van der Waals surface area contributed by atoms with Gasteiger partial charge in [-0.1, -0.05) is 30.3 Å². The zero-order valence-electron chi connectivity index (χ0n) is 9.71. The molecule has 0 radical (unpaired) electrons. The van der Waals surface area contributed by atoms with Crippen LogP contribution in [0.3, 0.4) is 0 Å². The van der Waals surface area contributed by atoms with Gasteiger partial charge in [0.25, 0.3) is 0 Å². The third kappa shape index (κ3) is 6.69. The van der Waals surface area contributed by atoms with Gasteiger partial charge in [0.2, 0.25) is 0 Å². The molecule has 0 aromatic heterocycles. The Morgan fingerprint density at radius 1 is 1.18 bits per heavy atom. The standard InChI is InChI=1S/C13H17NO3/c14-7-4-8-16-10-13(15)11-17-9-12-5-2-1-3-6-12/h1-3,5-6,13,15H,4,8-11H2. The SMILES string of the molecule is N#CCCOCC(O)COCc1ccccc1. The van der Waals surface area contributed by atoms with Gasteiger partial charge in [-0.05, 0) is 5.56 Å². The first-order valence-electron chi connectivity index (χ1n) is 5.57. The van der Waals surface area contributed by atoms with E-state index < -0.39 is 6.10 Å². The van der Waals surface area contributed by atoms with Crippen molar-refractivity contribution in [1.29, 1.82) is 5.26 Å². The fourth-order valence-corrected chi connectivity index (χ4v) is 1.27. The Balaban J connectivity index is 2.04. The Kier molecular flexibility index (Phi) is 6.99. The summed E-state index contributed by atoms with van der Waals surface area (Å²) in [6.45, 7) is 1.28. The van der Waals surface area contributed by atoms with E-state index >= 15 is 0 Å². The summed E-state index contributed by atoms with van der Waals surface area (Å²) in [6.07, 6.45) is -0.296. The summed E-state index contributed by atoms with van der Waals surface area (Å²) in [5.74, 6) is 0. The number of nitriles is 1. The third-order valence-electron chi connectivity index (χ3n) is 2.09. The Bertz CT molecular complexity index is 334. The summed E-state index contributed by atoms with van der Waals surface area (Å²) >= 11 is 0.